The molecule has 0 unspecified atom stereocenters. The van der Waals surface area contributed by atoms with Gasteiger partial charge in [-0.2, -0.15) is 0 Å². The van der Waals surface area contributed by atoms with Gasteiger partial charge in [-0.3, -0.25) is 14.5 Å². The molecule has 3 rings (SSSR count). The van der Waals surface area contributed by atoms with E-state index in [1.807, 2.05) is 6.07 Å². The number of carbonyl (C=O) groups excluding carboxylic acids is 3. The molecule has 8 nitrogen and oxygen atoms in total. The summed E-state index contributed by atoms with van der Waals surface area (Å²) in [6.45, 7) is 1.20. The van der Waals surface area contributed by atoms with Gasteiger partial charge in [0.1, 0.15) is 12.1 Å². The molecule has 0 saturated carbocycles. The molecule has 1 fully saturated rings. The minimum atomic E-state index is -1.32. The Hall–Kier alpha value is -3.55. The molecule has 1 saturated heterocycles. The van der Waals surface area contributed by atoms with E-state index < -0.39 is 23.4 Å². The Morgan fingerprint density at radius 3 is 2.39 bits per heavy atom. The Morgan fingerprint density at radius 1 is 1.07 bits per heavy atom. The summed E-state index contributed by atoms with van der Waals surface area (Å²) in [6.07, 6.45) is 0. The number of hydrogen-bond acceptors (Lipinski definition) is 5. The Kier molecular flexibility index (Phi) is 5.21. The van der Waals surface area contributed by atoms with Crippen molar-refractivity contribution in [3.63, 3.8) is 0 Å². The van der Waals surface area contributed by atoms with Crippen LogP contribution >= 0.6 is 0 Å². The molecule has 0 aromatic heterocycles. The summed E-state index contributed by atoms with van der Waals surface area (Å²) in [5.74, 6) is -0.0477. The lowest BCUT2D eigenvalue weighted by Gasteiger charge is -2.23. The van der Waals surface area contributed by atoms with Crippen molar-refractivity contribution in [3.05, 3.63) is 54.1 Å². The lowest BCUT2D eigenvalue weighted by Crippen LogP contribution is -2.42. The molecule has 0 radical (unpaired) electrons. The number of para-hydroxylation sites is 1. The van der Waals surface area contributed by atoms with Crippen LogP contribution < -0.4 is 20.1 Å². The highest BCUT2D eigenvalue weighted by Gasteiger charge is 2.49. The van der Waals surface area contributed by atoms with Crippen LogP contribution in [-0.2, 0) is 15.1 Å². The average molecular weight is 383 g/mol. The summed E-state index contributed by atoms with van der Waals surface area (Å²) in [4.78, 5) is 38.5. The highest BCUT2D eigenvalue weighted by molar-refractivity contribution is 6.10. The third-order valence-electron chi connectivity index (χ3n) is 4.60. The van der Waals surface area contributed by atoms with Crippen molar-refractivity contribution >= 4 is 23.5 Å². The van der Waals surface area contributed by atoms with Gasteiger partial charge in [0.15, 0.2) is 11.5 Å². The van der Waals surface area contributed by atoms with Crippen molar-refractivity contribution < 1.29 is 23.9 Å². The van der Waals surface area contributed by atoms with Crippen molar-refractivity contribution in [1.82, 2.24) is 10.2 Å². The molecule has 146 valence electrons. The molecule has 1 aliphatic rings. The highest BCUT2D eigenvalue weighted by Crippen LogP contribution is 2.35. The van der Waals surface area contributed by atoms with Gasteiger partial charge in [0, 0.05) is 5.69 Å². The number of nitrogens with one attached hydrogen (secondary N) is 2. The molecular formula is C20H21N3O5. The monoisotopic (exact) mass is 383 g/mol. The second-order valence-corrected chi connectivity index (χ2v) is 6.43. The zero-order valence-corrected chi connectivity index (χ0v) is 15.8. The number of rotatable bonds is 6. The first-order chi connectivity index (χ1) is 13.4. The number of nitrogens with zero attached hydrogens (tertiary/aromatic N) is 1. The summed E-state index contributed by atoms with van der Waals surface area (Å²) in [7, 11) is 2.99. The summed E-state index contributed by atoms with van der Waals surface area (Å²) in [5.41, 5.74) is -0.208. The van der Waals surface area contributed by atoms with Gasteiger partial charge in [-0.25, -0.2) is 4.79 Å². The largest absolute Gasteiger partial charge is 0.493 e. The molecule has 2 N–H and O–H groups in total. The van der Waals surface area contributed by atoms with E-state index in [0.717, 1.165) is 4.90 Å². The van der Waals surface area contributed by atoms with Gasteiger partial charge in [0.2, 0.25) is 5.91 Å². The molecule has 1 aliphatic heterocycles. The number of hydrogen-bond donors (Lipinski definition) is 2. The van der Waals surface area contributed by atoms with Crippen molar-refractivity contribution in [1.29, 1.82) is 0 Å². The summed E-state index contributed by atoms with van der Waals surface area (Å²) < 4.78 is 10.5. The van der Waals surface area contributed by atoms with Crippen LogP contribution in [0.2, 0.25) is 0 Å². The Balaban J connectivity index is 1.79. The van der Waals surface area contributed by atoms with Gasteiger partial charge in [0.05, 0.1) is 14.2 Å². The molecular weight excluding hydrogens is 362 g/mol. The van der Waals surface area contributed by atoms with Crippen molar-refractivity contribution in [3.8, 4) is 11.5 Å². The highest BCUT2D eigenvalue weighted by atomic mass is 16.5. The van der Waals surface area contributed by atoms with Crippen molar-refractivity contribution in [2.45, 2.75) is 12.5 Å². The minimum absolute atomic E-state index is 0.386. The molecule has 0 aliphatic carbocycles. The van der Waals surface area contributed by atoms with Gasteiger partial charge >= 0.3 is 6.03 Å². The fourth-order valence-electron chi connectivity index (χ4n) is 3.05. The van der Waals surface area contributed by atoms with Crippen LogP contribution in [0, 0.1) is 0 Å². The Bertz CT molecular complexity index is 915. The first-order valence-corrected chi connectivity index (χ1v) is 8.60. The second kappa shape index (κ2) is 7.59. The van der Waals surface area contributed by atoms with Crippen LogP contribution in [0.1, 0.15) is 12.5 Å². The summed E-state index contributed by atoms with van der Waals surface area (Å²) in [5, 5.41) is 5.33. The van der Waals surface area contributed by atoms with E-state index in [-0.39, 0.29) is 6.54 Å². The molecule has 2 aromatic carbocycles. The fraction of sp³-hybridized carbons (Fsp3) is 0.250. The van der Waals surface area contributed by atoms with E-state index in [2.05, 4.69) is 10.6 Å². The van der Waals surface area contributed by atoms with Crippen LogP contribution in [0.15, 0.2) is 48.5 Å². The quantitative estimate of drug-likeness (QED) is 0.745. The van der Waals surface area contributed by atoms with Gasteiger partial charge in [0.25, 0.3) is 5.91 Å². The number of benzene rings is 2. The number of carbonyl (C=O) groups is 3. The number of anilines is 1. The van der Waals surface area contributed by atoms with E-state index in [9.17, 15) is 14.4 Å². The van der Waals surface area contributed by atoms with E-state index in [1.54, 1.807) is 49.4 Å². The maximum Gasteiger partial charge on any atom is 0.325 e. The zero-order chi connectivity index (χ0) is 20.3. The topological polar surface area (TPSA) is 97.0 Å². The molecule has 28 heavy (non-hydrogen) atoms. The third kappa shape index (κ3) is 3.48. The van der Waals surface area contributed by atoms with Crippen LogP contribution in [-0.4, -0.2) is 43.5 Å². The van der Waals surface area contributed by atoms with E-state index in [0.29, 0.717) is 22.7 Å². The lowest BCUT2D eigenvalue weighted by molar-refractivity contribution is -0.133. The minimum Gasteiger partial charge on any atom is -0.493 e. The molecule has 8 heteroatoms. The van der Waals surface area contributed by atoms with Crippen molar-refractivity contribution in [2.24, 2.45) is 0 Å². The first-order valence-electron chi connectivity index (χ1n) is 8.60. The average Bonchev–Trinajstić information content (AvgIpc) is 2.92. The predicted octanol–water partition coefficient (Wildman–Crippen LogP) is 2.11. The summed E-state index contributed by atoms with van der Waals surface area (Å²) in [6, 6.07) is 13.1. The molecule has 0 spiro atoms. The Morgan fingerprint density at radius 2 is 1.75 bits per heavy atom. The van der Waals surface area contributed by atoms with Gasteiger partial charge in [-0.15, -0.1) is 0 Å². The number of imide groups is 1. The SMILES string of the molecule is COc1ccc([C@]2(C)NC(=O)N(CC(=O)Nc3ccccc3)C2=O)cc1OC. The second-order valence-electron chi connectivity index (χ2n) is 6.43. The van der Waals surface area contributed by atoms with Gasteiger partial charge in [-0.05, 0) is 36.8 Å². The molecule has 1 atom stereocenters. The van der Waals surface area contributed by atoms with Crippen molar-refractivity contribution in [2.75, 3.05) is 26.1 Å². The Labute approximate surface area is 162 Å². The van der Waals surface area contributed by atoms with Crippen LogP contribution in [0.5, 0.6) is 11.5 Å². The predicted molar refractivity (Wildman–Crippen MR) is 102 cm³/mol. The zero-order valence-electron chi connectivity index (χ0n) is 15.8. The van der Waals surface area contributed by atoms with Crippen LogP contribution in [0.3, 0.4) is 0 Å². The number of amides is 4. The molecule has 1 heterocycles. The third-order valence-corrected chi connectivity index (χ3v) is 4.60. The fourth-order valence-corrected chi connectivity index (χ4v) is 3.05. The smallest absolute Gasteiger partial charge is 0.325 e. The van der Waals surface area contributed by atoms with Crippen LogP contribution in [0.4, 0.5) is 10.5 Å². The van der Waals surface area contributed by atoms with Crippen LogP contribution in [0.25, 0.3) is 0 Å². The molecule has 4 amide bonds. The number of ether oxygens (including phenoxy) is 2. The maximum absolute atomic E-state index is 13.0. The standard InChI is InChI=1S/C20H21N3O5/c1-20(13-9-10-15(27-2)16(11-13)28-3)18(25)23(19(26)22-20)12-17(24)21-14-7-5-4-6-8-14/h4-11H,12H2,1-3H3,(H,21,24)(H,22,26)/t20-/m0/s1. The van der Waals surface area contributed by atoms with E-state index in [4.69, 9.17) is 9.47 Å². The lowest BCUT2D eigenvalue weighted by atomic mass is 9.91. The van der Waals surface area contributed by atoms with E-state index >= 15 is 0 Å². The normalized spacial score (nSPS) is 18.6. The van der Waals surface area contributed by atoms with E-state index in [1.165, 1.54) is 14.2 Å². The first kappa shape index (κ1) is 19.2. The van der Waals surface area contributed by atoms with Gasteiger partial charge < -0.3 is 20.1 Å². The maximum atomic E-state index is 13.0. The number of methoxy groups -OCH3 is 2. The summed E-state index contributed by atoms with van der Waals surface area (Å²) >= 11 is 0. The number of urea groups is 1. The van der Waals surface area contributed by atoms with Gasteiger partial charge in [-0.1, -0.05) is 24.3 Å². The molecule has 0 bridgehead atoms. The molecule has 2 aromatic rings.